The van der Waals surface area contributed by atoms with Crippen molar-refractivity contribution in [3.8, 4) is 11.1 Å². The highest BCUT2D eigenvalue weighted by molar-refractivity contribution is 7.85. The summed E-state index contributed by atoms with van der Waals surface area (Å²) in [6.07, 6.45) is -0.742. The number of anilines is 1. The highest BCUT2D eigenvalue weighted by Gasteiger charge is 2.45. The van der Waals surface area contributed by atoms with Gasteiger partial charge in [-0.25, -0.2) is 4.79 Å². The first-order chi connectivity index (χ1) is 22.6. The Kier molecular flexibility index (Phi) is 11.1. The number of fused-ring (bicyclic) bond motifs is 3. The molecule has 0 heterocycles. The standard InChI is InChI=1S/C35H41N3O9S/c1-6-35(5,33(42)36-21(4)32(41)37-23-16-15-22(18-39)29(17-23)48(44,45)46)31(40)30(20(2)3)38-34(43)47-19-28-26-13-9-7-11-24(26)25-12-8-10-14-27(25)28/h7-17,20-21,28,30,39H,6,18-19H2,1-5H3,(H,36,42)(H,37,41)(H,38,43)(H,44,45,46)/t21-,30?,35-/m0/s1. The van der Waals surface area contributed by atoms with Crippen LogP contribution in [0.3, 0.4) is 0 Å². The molecule has 3 aromatic rings. The van der Waals surface area contributed by atoms with Crippen molar-refractivity contribution >= 4 is 39.5 Å². The molecule has 256 valence electrons. The van der Waals surface area contributed by atoms with Gasteiger partial charge in [0.05, 0.1) is 12.6 Å². The van der Waals surface area contributed by atoms with Crippen molar-refractivity contribution in [3.63, 3.8) is 0 Å². The molecule has 48 heavy (non-hydrogen) atoms. The van der Waals surface area contributed by atoms with Gasteiger partial charge in [0.25, 0.3) is 10.1 Å². The molecule has 13 heteroatoms. The number of Topliss-reactive ketones (excluding diaryl/α,β-unsaturated/α-hetero) is 1. The van der Waals surface area contributed by atoms with Crippen molar-refractivity contribution in [1.29, 1.82) is 0 Å². The Bertz CT molecular complexity index is 1780. The number of nitrogens with one attached hydrogen (secondary N) is 3. The Hall–Kier alpha value is -4.59. The van der Waals surface area contributed by atoms with E-state index in [2.05, 4.69) is 16.0 Å². The van der Waals surface area contributed by atoms with Crippen LogP contribution >= 0.6 is 0 Å². The third-order valence-corrected chi connectivity index (χ3v) is 9.78. The molecule has 3 atom stereocenters. The second kappa shape index (κ2) is 14.7. The average Bonchev–Trinajstić information content (AvgIpc) is 3.38. The van der Waals surface area contributed by atoms with Crippen molar-refractivity contribution in [3.05, 3.63) is 83.4 Å². The van der Waals surface area contributed by atoms with E-state index >= 15 is 0 Å². The van der Waals surface area contributed by atoms with Gasteiger partial charge in [-0.1, -0.05) is 75.4 Å². The van der Waals surface area contributed by atoms with Crippen molar-refractivity contribution in [1.82, 2.24) is 10.6 Å². The summed E-state index contributed by atoms with van der Waals surface area (Å²) in [7, 11) is -4.69. The van der Waals surface area contributed by atoms with Gasteiger partial charge in [0.1, 0.15) is 23.0 Å². The fourth-order valence-electron chi connectivity index (χ4n) is 5.77. The first-order valence-corrected chi connectivity index (χ1v) is 17.0. The fraction of sp³-hybridized carbons (Fsp3) is 0.371. The Labute approximate surface area is 280 Å². The number of benzene rings is 3. The van der Waals surface area contributed by atoms with Crippen molar-refractivity contribution in [2.24, 2.45) is 11.3 Å². The zero-order chi connectivity index (χ0) is 35.4. The minimum Gasteiger partial charge on any atom is -0.449 e. The molecule has 3 amide bonds. The molecule has 0 aromatic heterocycles. The average molecular weight is 680 g/mol. The lowest BCUT2D eigenvalue weighted by molar-refractivity contribution is -0.144. The smallest absolute Gasteiger partial charge is 0.407 e. The van der Waals surface area contributed by atoms with Crippen LogP contribution in [0.2, 0.25) is 0 Å². The SMILES string of the molecule is CC[C@](C)(C(=O)N[C@@H](C)C(=O)Nc1ccc(CO)c(S(=O)(=O)O)c1)C(=O)C(NC(=O)OCC1c2ccccc2-c2ccccc21)C(C)C. The molecule has 0 spiro atoms. The van der Waals surface area contributed by atoms with Crippen LogP contribution in [-0.2, 0) is 35.8 Å². The molecule has 1 aliphatic carbocycles. The van der Waals surface area contributed by atoms with Gasteiger partial charge in [-0.15, -0.1) is 0 Å². The van der Waals surface area contributed by atoms with Crippen LogP contribution in [0, 0.1) is 11.3 Å². The monoisotopic (exact) mass is 679 g/mol. The number of aliphatic hydroxyl groups excluding tert-OH is 1. The first-order valence-electron chi connectivity index (χ1n) is 15.6. The number of hydrogen-bond acceptors (Lipinski definition) is 8. The van der Waals surface area contributed by atoms with E-state index in [9.17, 15) is 37.3 Å². The summed E-state index contributed by atoms with van der Waals surface area (Å²) in [4.78, 5) is 52.9. The van der Waals surface area contributed by atoms with Crippen molar-refractivity contribution < 1.29 is 42.0 Å². The van der Waals surface area contributed by atoms with E-state index in [1.165, 1.54) is 26.0 Å². The van der Waals surface area contributed by atoms with Crippen LogP contribution in [0.1, 0.15) is 63.6 Å². The zero-order valence-corrected chi connectivity index (χ0v) is 28.3. The molecule has 3 aromatic carbocycles. The van der Waals surface area contributed by atoms with E-state index in [4.69, 9.17) is 4.74 Å². The second-order valence-corrected chi connectivity index (χ2v) is 13.8. The van der Waals surface area contributed by atoms with Gasteiger partial charge in [-0.3, -0.25) is 18.9 Å². The molecular weight excluding hydrogens is 638 g/mol. The summed E-state index contributed by atoms with van der Waals surface area (Å²) in [6.45, 7) is 7.33. The van der Waals surface area contributed by atoms with Gasteiger partial charge in [0, 0.05) is 11.6 Å². The number of ether oxygens (including phenoxy) is 1. The quantitative estimate of drug-likeness (QED) is 0.129. The van der Waals surface area contributed by atoms with E-state index < -0.39 is 68.7 Å². The van der Waals surface area contributed by atoms with E-state index in [1.54, 1.807) is 20.8 Å². The summed E-state index contributed by atoms with van der Waals surface area (Å²) in [5.41, 5.74) is 2.52. The van der Waals surface area contributed by atoms with Crippen LogP contribution in [0.25, 0.3) is 11.1 Å². The molecule has 1 aliphatic rings. The van der Waals surface area contributed by atoms with Crippen molar-refractivity contribution in [2.75, 3.05) is 11.9 Å². The fourth-order valence-corrected chi connectivity index (χ4v) is 6.51. The molecule has 12 nitrogen and oxygen atoms in total. The highest BCUT2D eigenvalue weighted by atomic mass is 32.2. The topological polar surface area (TPSA) is 188 Å². The third-order valence-electron chi connectivity index (χ3n) is 8.84. The predicted octanol–water partition coefficient (Wildman–Crippen LogP) is 4.42. The second-order valence-electron chi connectivity index (χ2n) is 12.4. The normalized spacial score (nSPS) is 15.0. The minimum atomic E-state index is -4.69. The number of alkyl carbamates (subject to hydrolysis) is 1. The molecule has 0 radical (unpaired) electrons. The van der Waals surface area contributed by atoms with Gasteiger partial charge >= 0.3 is 6.09 Å². The largest absolute Gasteiger partial charge is 0.449 e. The van der Waals surface area contributed by atoms with Crippen LogP contribution in [-0.4, -0.2) is 60.5 Å². The summed E-state index contributed by atoms with van der Waals surface area (Å²) in [5.74, 6) is -2.62. The van der Waals surface area contributed by atoms with Crippen LogP contribution in [0.15, 0.2) is 71.6 Å². The van der Waals surface area contributed by atoms with E-state index in [1.807, 2.05) is 48.5 Å². The maximum atomic E-state index is 13.9. The van der Waals surface area contributed by atoms with Crippen LogP contribution in [0.5, 0.6) is 0 Å². The van der Waals surface area contributed by atoms with Gasteiger partial charge in [0.2, 0.25) is 11.8 Å². The number of amides is 3. The Morgan fingerprint density at radius 2 is 1.50 bits per heavy atom. The number of rotatable bonds is 13. The number of ketones is 1. The molecule has 0 saturated heterocycles. The maximum Gasteiger partial charge on any atom is 0.407 e. The van der Waals surface area contributed by atoms with E-state index in [0.717, 1.165) is 28.3 Å². The molecule has 0 fully saturated rings. The minimum absolute atomic E-state index is 0.00702. The Morgan fingerprint density at radius 3 is 2.02 bits per heavy atom. The Balaban J connectivity index is 1.42. The molecule has 5 N–H and O–H groups in total. The maximum absolute atomic E-state index is 13.9. The van der Waals surface area contributed by atoms with E-state index in [-0.39, 0.29) is 30.2 Å². The first kappa shape index (κ1) is 36.2. The number of carbonyl (C=O) groups excluding carboxylic acids is 4. The van der Waals surface area contributed by atoms with Crippen LogP contribution < -0.4 is 16.0 Å². The molecule has 0 saturated carbocycles. The molecule has 0 bridgehead atoms. The lowest BCUT2D eigenvalue weighted by Gasteiger charge is -2.32. The summed E-state index contributed by atoms with van der Waals surface area (Å²) in [5, 5.41) is 17.0. The van der Waals surface area contributed by atoms with Gasteiger partial charge < -0.3 is 25.8 Å². The third kappa shape index (κ3) is 7.59. The molecule has 1 unspecified atom stereocenters. The number of aliphatic hydroxyl groups is 1. The molecule has 4 rings (SSSR count). The van der Waals surface area contributed by atoms with Gasteiger partial charge in [0.15, 0.2) is 5.78 Å². The lowest BCUT2D eigenvalue weighted by atomic mass is 9.76. The summed E-state index contributed by atoms with van der Waals surface area (Å²) < 4.78 is 38.5. The van der Waals surface area contributed by atoms with Gasteiger partial charge in [-0.05, 0) is 66.1 Å². The van der Waals surface area contributed by atoms with Crippen LogP contribution in [0.4, 0.5) is 10.5 Å². The lowest BCUT2D eigenvalue weighted by Crippen LogP contribution is -2.57. The number of carbonyl (C=O) groups is 4. The predicted molar refractivity (Wildman–Crippen MR) is 179 cm³/mol. The summed E-state index contributed by atoms with van der Waals surface area (Å²) in [6, 6.07) is 17.1. The Morgan fingerprint density at radius 1 is 0.917 bits per heavy atom. The van der Waals surface area contributed by atoms with E-state index in [0.29, 0.717) is 0 Å². The highest BCUT2D eigenvalue weighted by Crippen LogP contribution is 2.44. The number of hydrogen-bond donors (Lipinski definition) is 5. The van der Waals surface area contributed by atoms with Crippen molar-refractivity contribution in [2.45, 2.75) is 70.5 Å². The molecule has 0 aliphatic heterocycles. The zero-order valence-electron chi connectivity index (χ0n) is 27.4. The van der Waals surface area contributed by atoms with Gasteiger partial charge in [-0.2, -0.15) is 8.42 Å². The summed E-state index contributed by atoms with van der Waals surface area (Å²) >= 11 is 0. The molecular formula is C35H41N3O9S.